The Morgan fingerprint density at radius 1 is 1.19 bits per heavy atom. The van der Waals surface area contributed by atoms with Crippen molar-refractivity contribution in [3.8, 4) is 0 Å². The maximum Gasteiger partial charge on any atom is 0.261 e. The smallest absolute Gasteiger partial charge is 0.261 e. The van der Waals surface area contributed by atoms with Crippen LogP contribution in [0.25, 0.3) is 10.9 Å². The highest BCUT2D eigenvalue weighted by Gasteiger charge is 2.30. The van der Waals surface area contributed by atoms with E-state index in [9.17, 15) is 4.79 Å². The minimum absolute atomic E-state index is 0.111. The monoisotopic (exact) mass is 347 g/mol. The molecule has 0 saturated heterocycles. The highest BCUT2D eigenvalue weighted by atomic mass is 16.1. The minimum atomic E-state index is 0.111. The average Bonchev–Trinajstić information content (AvgIpc) is 2.67. The zero-order valence-electron chi connectivity index (χ0n) is 15.5. The minimum Gasteiger partial charge on any atom is -0.296 e. The Labute approximate surface area is 153 Å². The number of hydrogen-bond acceptors (Lipinski definition) is 3. The number of aryl methyl sites for hydroxylation is 2. The molecule has 0 N–H and O–H groups in total. The fourth-order valence-electron chi connectivity index (χ4n) is 3.81. The average molecular weight is 347 g/mol. The van der Waals surface area contributed by atoms with E-state index in [-0.39, 0.29) is 11.0 Å². The zero-order chi connectivity index (χ0) is 18.1. The molecule has 134 valence electrons. The van der Waals surface area contributed by atoms with Crippen LogP contribution in [0.15, 0.2) is 47.4 Å². The molecule has 4 rings (SSSR count). The molecule has 26 heavy (non-hydrogen) atoms. The maximum absolute atomic E-state index is 12.9. The number of hydrogen-bond donors (Lipinski definition) is 0. The molecule has 0 aliphatic carbocycles. The van der Waals surface area contributed by atoms with Gasteiger partial charge in [-0.05, 0) is 54.5 Å². The van der Waals surface area contributed by atoms with Crippen molar-refractivity contribution in [2.24, 2.45) is 5.41 Å². The molecule has 2 aromatic heterocycles. The third-order valence-corrected chi connectivity index (χ3v) is 5.87. The first kappa shape index (κ1) is 17.0. The van der Waals surface area contributed by atoms with Crippen molar-refractivity contribution in [2.75, 3.05) is 0 Å². The summed E-state index contributed by atoms with van der Waals surface area (Å²) >= 11 is 0. The lowest BCUT2D eigenvalue weighted by Gasteiger charge is -2.34. The van der Waals surface area contributed by atoms with Crippen molar-refractivity contribution in [1.82, 2.24) is 14.5 Å². The molecule has 0 spiro atoms. The first-order valence-electron chi connectivity index (χ1n) is 9.50. The second kappa shape index (κ2) is 6.67. The lowest BCUT2D eigenvalue weighted by Crippen LogP contribution is -2.36. The SMILES string of the molecule is CCC1(C)CCn2c(nc3cc(CCc4ccccn4)ccc3c2=O)C1. The molecule has 0 amide bonds. The summed E-state index contributed by atoms with van der Waals surface area (Å²) in [6, 6.07) is 12.1. The van der Waals surface area contributed by atoms with Gasteiger partial charge in [-0.3, -0.25) is 14.3 Å². The lowest BCUT2D eigenvalue weighted by atomic mass is 9.78. The van der Waals surface area contributed by atoms with Gasteiger partial charge in [-0.15, -0.1) is 0 Å². The van der Waals surface area contributed by atoms with Crippen LogP contribution in [0.5, 0.6) is 0 Å². The highest BCUT2D eigenvalue weighted by molar-refractivity contribution is 5.78. The van der Waals surface area contributed by atoms with E-state index in [1.807, 2.05) is 35.0 Å². The molecule has 4 heteroatoms. The van der Waals surface area contributed by atoms with Gasteiger partial charge in [-0.1, -0.05) is 32.4 Å². The summed E-state index contributed by atoms with van der Waals surface area (Å²) in [5.41, 5.74) is 3.49. The first-order chi connectivity index (χ1) is 12.6. The van der Waals surface area contributed by atoms with Gasteiger partial charge in [0.25, 0.3) is 5.56 Å². The van der Waals surface area contributed by atoms with Crippen LogP contribution in [0.1, 0.15) is 43.8 Å². The Balaban J connectivity index is 1.66. The molecule has 0 saturated carbocycles. The summed E-state index contributed by atoms with van der Waals surface area (Å²) in [6.07, 6.45) is 6.67. The van der Waals surface area contributed by atoms with Crippen LogP contribution in [-0.2, 0) is 25.8 Å². The normalized spacial score (nSPS) is 19.5. The van der Waals surface area contributed by atoms with Gasteiger partial charge in [0.05, 0.1) is 10.9 Å². The predicted octanol–water partition coefficient (Wildman–Crippen LogP) is 3.94. The van der Waals surface area contributed by atoms with Crippen LogP contribution in [0, 0.1) is 5.41 Å². The summed E-state index contributed by atoms with van der Waals surface area (Å²) in [6.45, 7) is 5.31. The molecule has 4 nitrogen and oxygen atoms in total. The quantitative estimate of drug-likeness (QED) is 0.718. The van der Waals surface area contributed by atoms with Crippen molar-refractivity contribution in [1.29, 1.82) is 0 Å². The number of nitrogens with zero attached hydrogens (tertiary/aromatic N) is 3. The topological polar surface area (TPSA) is 47.8 Å². The summed E-state index contributed by atoms with van der Waals surface area (Å²) in [7, 11) is 0. The summed E-state index contributed by atoms with van der Waals surface area (Å²) in [5.74, 6) is 0.944. The molecular formula is C22H25N3O. The Morgan fingerprint density at radius 3 is 2.85 bits per heavy atom. The van der Waals surface area contributed by atoms with E-state index in [4.69, 9.17) is 4.98 Å². The number of benzene rings is 1. The van der Waals surface area contributed by atoms with Crippen LogP contribution in [0.2, 0.25) is 0 Å². The van der Waals surface area contributed by atoms with E-state index in [1.54, 1.807) is 0 Å². The van der Waals surface area contributed by atoms with Crippen molar-refractivity contribution < 1.29 is 0 Å². The fraction of sp³-hybridized carbons (Fsp3) is 0.409. The predicted molar refractivity (Wildman–Crippen MR) is 104 cm³/mol. The Hall–Kier alpha value is -2.49. The molecule has 1 aliphatic heterocycles. The van der Waals surface area contributed by atoms with E-state index in [2.05, 4.69) is 31.0 Å². The fourth-order valence-corrected chi connectivity index (χ4v) is 3.81. The molecule has 0 fully saturated rings. The molecule has 3 aromatic rings. The van der Waals surface area contributed by atoms with Crippen molar-refractivity contribution in [2.45, 2.75) is 52.5 Å². The van der Waals surface area contributed by atoms with Crippen LogP contribution < -0.4 is 5.56 Å². The van der Waals surface area contributed by atoms with Crippen molar-refractivity contribution >= 4 is 10.9 Å². The van der Waals surface area contributed by atoms with E-state index in [0.717, 1.165) is 61.1 Å². The Morgan fingerprint density at radius 2 is 2.08 bits per heavy atom. The molecule has 0 bridgehead atoms. The Bertz CT molecular complexity index is 993. The molecule has 1 atom stereocenters. The maximum atomic E-state index is 12.9. The summed E-state index contributed by atoms with van der Waals surface area (Å²) in [4.78, 5) is 22.1. The second-order valence-electron chi connectivity index (χ2n) is 7.75. The first-order valence-corrected chi connectivity index (χ1v) is 9.50. The van der Waals surface area contributed by atoms with Crippen LogP contribution in [0.3, 0.4) is 0 Å². The van der Waals surface area contributed by atoms with Crippen LogP contribution in [-0.4, -0.2) is 14.5 Å². The third-order valence-electron chi connectivity index (χ3n) is 5.87. The standard InChI is InChI=1S/C22H25N3O/c1-3-22(2)11-13-25-20(15-22)24-19-14-16(8-10-18(19)21(25)26)7-9-17-6-4-5-12-23-17/h4-6,8,10,12,14H,3,7,9,11,13,15H2,1-2H3. The Kier molecular flexibility index (Phi) is 4.35. The van der Waals surface area contributed by atoms with Gasteiger partial charge < -0.3 is 0 Å². The number of fused-ring (bicyclic) bond motifs is 2. The largest absolute Gasteiger partial charge is 0.296 e. The molecule has 1 aliphatic rings. The van der Waals surface area contributed by atoms with Crippen molar-refractivity contribution in [3.05, 3.63) is 70.0 Å². The molecule has 1 unspecified atom stereocenters. The summed E-state index contributed by atoms with van der Waals surface area (Å²) < 4.78 is 1.88. The van der Waals surface area contributed by atoms with Gasteiger partial charge in [0.2, 0.25) is 0 Å². The van der Waals surface area contributed by atoms with Gasteiger partial charge >= 0.3 is 0 Å². The molecule has 1 aromatic carbocycles. The van der Waals surface area contributed by atoms with Gasteiger partial charge in [-0.25, -0.2) is 4.98 Å². The highest BCUT2D eigenvalue weighted by Crippen LogP contribution is 2.34. The number of rotatable bonds is 4. The number of pyridine rings is 1. The second-order valence-corrected chi connectivity index (χ2v) is 7.75. The van der Waals surface area contributed by atoms with Gasteiger partial charge in [0, 0.05) is 24.9 Å². The van der Waals surface area contributed by atoms with E-state index < -0.39 is 0 Å². The molecule has 0 radical (unpaired) electrons. The molecule has 3 heterocycles. The van der Waals surface area contributed by atoms with Gasteiger partial charge in [0.15, 0.2) is 0 Å². The lowest BCUT2D eigenvalue weighted by molar-refractivity contribution is 0.224. The summed E-state index contributed by atoms with van der Waals surface area (Å²) in [5, 5.41) is 0.732. The third kappa shape index (κ3) is 3.16. The van der Waals surface area contributed by atoms with Gasteiger partial charge in [-0.2, -0.15) is 0 Å². The molecular weight excluding hydrogens is 322 g/mol. The zero-order valence-corrected chi connectivity index (χ0v) is 15.5. The number of aromatic nitrogens is 3. The van der Waals surface area contributed by atoms with Crippen molar-refractivity contribution in [3.63, 3.8) is 0 Å². The van der Waals surface area contributed by atoms with Crippen LogP contribution in [0.4, 0.5) is 0 Å². The van der Waals surface area contributed by atoms with E-state index in [0.29, 0.717) is 0 Å². The van der Waals surface area contributed by atoms with Crippen LogP contribution >= 0.6 is 0 Å². The van der Waals surface area contributed by atoms with Gasteiger partial charge in [0.1, 0.15) is 5.82 Å². The van der Waals surface area contributed by atoms with E-state index in [1.165, 1.54) is 5.56 Å². The van der Waals surface area contributed by atoms with E-state index >= 15 is 0 Å².